The molecule has 1 aromatic rings. The third kappa shape index (κ3) is 3.26. The molecule has 0 amide bonds. The lowest BCUT2D eigenvalue weighted by Gasteiger charge is -2.35. The minimum atomic E-state index is -0.531. The Bertz CT molecular complexity index is 365. The van der Waals surface area contributed by atoms with Gasteiger partial charge in [-0.2, -0.15) is 0 Å². The summed E-state index contributed by atoms with van der Waals surface area (Å²) in [5.74, 6) is 1.53. The fourth-order valence-electron chi connectivity index (χ4n) is 2.67. The van der Waals surface area contributed by atoms with Crippen molar-refractivity contribution in [2.45, 2.75) is 44.8 Å². The first-order valence-corrected chi connectivity index (χ1v) is 6.35. The summed E-state index contributed by atoms with van der Waals surface area (Å²) < 4.78 is 1.89. The number of hydrogen-bond acceptors (Lipinski definition) is 4. The Morgan fingerprint density at radius 3 is 3.12 bits per heavy atom. The Labute approximate surface area is 102 Å². The molecule has 2 atom stereocenters. The van der Waals surface area contributed by atoms with Gasteiger partial charge in [0.1, 0.15) is 12.2 Å². The van der Waals surface area contributed by atoms with Crippen molar-refractivity contribution >= 4 is 0 Å². The summed E-state index contributed by atoms with van der Waals surface area (Å²) in [5, 5.41) is 21.6. The van der Waals surface area contributed by atoms with Crippen LogP contribution in [0.1, 0.15) is 38.4 Å². The zero-order valence-electron chi connectivity index (χ0n) is 10.7. The van der Waals surface area contributed by atoms with Crippen molar-refractivity contribution in [3.63, 3.8) is 0 Å². The first kappa shape index (κ1) is 12.5. The molecule has 17 heavy (non-hydrogen) atoms. The van der Waals surface area contributed by atoms with E-state index in [1.54, 1.807) is 6.33 Å². The summed E-state index contributed by atoms with van der Waals surface area (Å²) >= 11 is 0. The quantitative estimate of drug-likeness (QED) is 0.816. The molecule has 0 aromatic carbocycles. The van der Waals surface area contributed by atoms with Crippen LogP contribution in [0.2, 0.25) is 0 Å². The van der Waals surface area contributed by atoms with Gasteiger partial charge in [-0.3, -0.25) is 0 Å². The molecule has 5 heteroatoms. The highest BCUT2D eigenvalue weighted by molar-refractivity contribution is 4.89. The van der Waals surface area contributed by atoms with E-state index in [9.17, 15) is 5.11 Å². The van der Waals surface area contributed by atoms with E-state index in [-0.39, 0.29) is 0 Å². The Hall–Kier alpha value is -0.940. The van der Waals surface area contributed by atoms with Gasteiger partial charge in [-0.05, 0) is 18.8 Å². The standard InChI is InChI=1S/C12H22N4O/c1-10-4-3-5-12(17,6-10)8-13-7-11-15-14-9-16(11)2/h9-10,13,17H,3-8H2,1-2H3. The molecule has 96 valence electrons. The smallest absolute Gasteiger partial charge is 0.146 e. The largest absolute Gasteiger partial charge is 0.389 e. The van der Waals surface area contributed by atoms with E-state index >= 15 is 0 Å². The minimum absolute atomic E-state index is 0.531. The predicted octanol–water partition coefficient (Wildman–Crippen LogP) is 0.846. The van der Waals surface area contributed by atoms with Crippen LogP contribution in [0.3, 0.4) is 0 Å². The van der Waals surface area contributed by atoms with Crippen LogP contribution >= 0.6 is 0 Å². The molecule has 1 aromatic heterocycles. The topological polar surface area (TPSA) is 63.0 Å². The van der Waals surface area contributed by atoms with E-state index in [1.165, 1.54) is 6.42 Å². The van der Waals surface area contributed by atoms with Crippen LogP contribution in [0.25, 0.3) is 0 Å². The fraction of sp³-hybridized carbons (Fsp3) is 0.833. The van der Waals surface area contributed by atoms with Gasteiger partial charge in [-0.25, -0.2) is 0 Å². The third-order valence-electron chi connectivity index (χ3n) is 3.61. The summed E-state index contributed by atoms with van der Waals surface area (Å²) in [6.45, 7) is 3.52. The van der Waals surface area contributed by atoms with Gasteiger partial charge in [0.25, 0.3) is 0 Å². The predicted molar refractivity (Wildman–Crippen MR) is 65.3 cm³/mol. The van der Waals surface area contributed by atoms with Gasteiger partial charge in [0.15, 0.2) is 0 Å². The molecule has 2 unspecified atom stereocenters. The molecule has 0 saturated heterocycles. The lowest BCUT2D eigenvalue weighted by Crippen LogP contribution is -2.44. The molecule has 1 aliphatic carbocycles. The Morgan fingerprint density at radius 1 is 1.65 bits per heavy atom. The highest BCUT2D eigenvalue weighted by Crippen LogP contribution is 2.31. The van der Waals surface area contributed by atoms with Crippen molar-refractivity contribution in [2.24, 2.45) is 13.0 Å². The van der Waals surface area contributed by atoms with Gasteiger partial charge < -0.3 is 15.0 Å². The van der Waals surface area contributed by atoms with Crippen LogP contribution in [0.15, 0.2) is 6.33 Å². The maximum Gasteiger partial charge on any atom is 0.146 e. The SMILES string of the molecule is CC1CCCC(O)(CNCc2nncn2C)C1. The van der Waals surface area contributed by atoms with Crippen molar-refractivity contribution in [2.75, 3.05) is 6.54 Å². The number of rotatable bonds is 4. The van der Waals surface area contributed by atoms with Gasteiger partial charge in [-0.1, -0.05) is 19.8 Å². The Balaban J connectivity index is 1.79. The molecule has 0 spiro atoms. The maximum atomic E-state index is 10.4. The summed E-state index contributed by atoms with van der Waals surface area (Å²) in [7, 11) is 1.93. The molecular formula is C12H22N4O. The van der Waals surface area contributed by atoms with Crippen molar-refractivity contribution < 1.29 is 5.11 Å². The van der Waals surface area contributed by atoms with Crippen LogP contribution in [0.4, 0.5) is 0 Å². The lowest BCUT2D eigenvalue weighted by atomic mass is 9.79. The summed E-state index contributed by atoms with van der Waals surface area (Å²) in [6.07, 6.45) is 5.87. The van der Waals surface area contributed by atoms with Crippen molar-refractivity contribution in [1.82, 2.24) is 20.1 Å². The second kappa shape index (κ2) is 5.14. The summed E-state index contributed by atoms with van der Waals surface area (Å²) in [6, 6.07) is 0. The van der Waals surface area contributed by atoms with E-state index in [1.807, 2.05) is 11.6 Å². The van der Waals surface area contributed by atoms with E-state index in [0.29, 0.717) is 19.0 Å². The van der Waals surface area contributed by atoms with Gasteiger partial charge >= 0.3 is 0 Å². The lowest BCUT2D eigenvalue weighted by molar-refractivity contribution is -0.0120. The summed E-state index contributed by atoms with van der Waals surface area (Å²) in [4.78, 5) is 0. The second-order valence-corrected chi connectivity index (χ2v) is 5.39. The number of aliphatic hydroxyl groups is 1. The minimum Gasteiger partial charge on any atom is -0.389 e. The molecule has 2 N–H and O–H groups in total. The molecule has 0 radical (unpaired) electrons. The Morgan fingerprint density at radius 2 is 2.47 bits per heavy atom. The molecule has 1 saturated carbocycles. The molecule has 0 bridgehead atoms. The molecule has 1 heterocycles. The van der Waals surface area contributed by atoms with E-state index in [4.69, 9.17) is 0 Å². The highest BCUT2D eigenvalue weighted by atomic mass is 16.3. The average Bonchev–Trinajstić information content (AvgIpc) is 2.64. The number of aryl methyl sites for hydroxylation is 1. The normalized spacial score (nSPS) is 29.5. The van der Waals surface area contributed by atoms with Gasteiger partial charge in [0.05, 0.1) is 12.1 Å². The number of nitrogens with one attached hydrogen (secondary N) is 1. The highest BCUT2D eigenvalue weighted by Gasteiger charge is 2.32. The van der Waals surface area contributed by atoms with Gasteiger partial charge in [0, 0.05) is 13.6 Å². The van der Waals surface area contributed by atoms with Crippen LogP contribution in [-0.4, -0.2) is 32.0 Å². The first-order valence-electron chi connectivity index (χ1n) is 6.35. The second-order valence-electron chi connectivity index (χ2n) is 5.39. The molecule has 0 aliphatic heterocycles. The van der Waals surface area contributed by atoms with Crippen molar-refractivity contribution in [3.05, 3.63) is 12.2 Å². The average molecular weight is 238 g/mol. The first-order chi connectivity index (χ1) is 8.09. The molecule has 5 nitrogen and oxygen atoms in total. The van der Waals surface area contributed by atoms with E-state index < -0.39 is 5.60 Å². The number of hydrogen-bond donors (Lipinski definition) is 2. The number of nitrogens with zero attached hydrogens (tertiary/aromatic N) is 3. The maximum absolute atomic E-state index is 10.4. The van der Waals surface area contributed by atoms with Crippen molar-refractivity contribution in [3.8, 4) is 0 Å². The Kier molecular flexibility index (Phi) is 3.79. The molecule has 1 fully saturated rings. The molecule has 1 aliphatic rings. The summed E-state index contributed by atoms with van der Waals surface area (Å²) in [5.41, 5.74) is -0.531. The number of aromatic nitrogens is 3. The van der Waals surface area contributed by atoms with Crippen LogP contribution < -0.4 is 5.32 Å². The van der Waals surface area contributed by atoms with Crippen LogP contribution in [0, 0.1) is 5.92 Å². The van der Waals surface area contributed by atoms with Crippen LogP contribution in [0.5, 0.6) is 0 Å². The van der Waals surface area contributed by atoms with Crippen molar-refractivity contribution in [1.29, 1.82) is 0 Å². The monoisotopic (exact) mass is 238 g/mol. The van der Waals surface area contributed by atoms with E-state index in [0.717, 1.165) is 25.1 Å². The zero-order chi connectivity index (χ0) is 12.3. The van der Waals surface area contributed by atoms with Gasteiger partial charge in [-0.15, -0.1) is 10.2 Å². The molecule has 2 rings (SSSR count). The molecular weight excluding hydrogens is 216 g/mol. The zero-order valence-corrected chi connectivity index (χ0v) is 10.7. The third-order valence-corrected chi connectivity index (χ3v) is 3.61. The fourth-order valence-corrected chi connectivity index (χ4v) is 2.67. The van der Waals surface area contributed by atoms with E-state index in [2.05, 4.69) is 22.4 Å². The van der Waals surface area contributed by atoms with Crippen LogP contribution in [-0.2, 0) is 13.6 Å². The van der Waals surface area contributed by atoms with Gasteiger partial charge in [0.2, 0.25) is 0 Å².